The predicted molar refractivity (Wildman–Crippen MR) is 129 cm³/mol. The van der Waals surface area contributed by atoms with Crippen molar-refractivity contribution in [2.45, 2.75) is 61.5 Å². The number of rotatable bonds is 5. The molecule has 10 heteroatoms. The third-order valence-electron chi connectivity index (χ3n) is 6.33. The molecule has 0 aromatic carbocycles. The molecular weight excluding hydrogens is 465 g/mol. The second kappa shape index (κ2) is 9.50. The van der Waals surface area contributed by atoms with Crippen molar-refractivity contribution >= 4 is 23.2 Å². The standard InChI is InChI=1S/C25H24FN7OS/c1-15-21(14-32(31-15)20-7-5-19(6-8-20)30-16(2)34)17-10-23(35-25-22(26)4-3-9-28-25)24-18(11-27)12-29-33(24)13-17/h3-4,9-10,12-14,19-20H,5-8H2,1-2H3,(H,30,34)/t19-,20+. The van der Waals surface area contributed by atoms with Crippen molar-refractivity contribution in [1.82, 2.24) is 29.7 Å². The molecule has 178 valence electrons. The number of amides is 1. The Hall–Kier alpha value is -3.71. The molecule has 4 aromatic rings. The summed E-state index contributed by atoms with van der Waals surface area (Å²) < 4.78 is 18.1. The predicted octanol–water partition coefficient (Wildman–Crippen LogP) is 4.68. The SMILES string of the molecule is CC(=O)N[C@H]1CC[C@@H](n2cc(-c3cc(Sc4ncccc4F)c4c(C#N)cnn4c3)c(C)n2)CC1. The van der Waals surface area contributed by atoms with E-state index in [-0.39, 0.29) is 23.0 Å². The molecule has 8 nitrogen and oxygen atoms in total. The summed E-state index contributed by atoms with van der Waals surface area (Å²) in [6, 6.07) is 7.52. The topological polar surface area (TPSA) is 101 Å². The number of carbonyl (C=O) groups excluding carboxylic acids is 1. The summed E-state index contributed by atoms with van der Waals surface area (Å²) in [5.41, 5.74) is 3.74. The molecular formula is C25H24FN7OS. The van der Waals surface area contributed by atoms with Gasteiger partial charge in [-0.15, -0.1) is 0 Å². The van der Waals surface area contributed by atoms with Gasteiger partial charge in [-0.05, 0) is 50.8 Å². The van der Waals surface area contributed by atoms with Crippen LogP contribution in [0.15, 0.2) is 52.9 Å². The first-order valence-electron chi connectivity index (χ1n) is 11.5. The Balaban J connectivity index is 1.49. The van der Waals surface area contributed by atoms with Crippen LogP contribution in [-0.4, -0.2) is 36.3 Å². The van der Waals surface area contributed by atoms with Crippen LogP contribution in [0.25, 0.3) is 16.6 Å². The number of hydrogen-bond acceptors (Lipinski definition) is 6. The quantitative estimate of drug-likeness (QED) is 0.437. The van der Waals surface area contributed by atoms with E-state index in [2.05, 4.69) is 21.5 Å². The molecule has 4 aromatic heterocycles. The monoisotopic (exact) mass is 489 g/mol. The number of aryl methyl sites for hydroxylation is 1. The van der Waals surface area contributed by atoms with Crippen LogP contribution in [-0.2, 0) is 4.79 Å². The Morgan fingerprint density at radius 2 is 2.09 bits per heavy atom. The van der Waals surface area contributed by atoms with E-state index in [1.807, 2.05) is 30.1 Å². The summed E-state index contributed by atoms with van der Waals surface area (Å²) in [7, 11) is 0. The van der Waals surface area contributed by atoms with Crippen LogP contribution in [0.1, 0.15) is 49.9 Å². The highest BCUT2D eigenvalue weighted by Crippen LogP contribution is 2.37. The van der Waals surface area contributed by atoms with Crippen LogP contribution in [0, 0.1) is 24.1 Å². The second-order valence-corrected chi connectivity index (χ2v) is 9.79. The average molecular weight is 490 g/mol. The van der Waals surface area contributed by atoms with E-state index in [0.717, 1.165) is 42.5 Å². The first-order chi connectivity index (χ1) is 16.9. The minimum atomic E-state index is -0.419. The Morgan fingerprint density at radius 1 is 1.29 bits per heavy atom. The Labute approximate surface area is 206 Å². The highest BCUT2D eigenvalue weighted by Gasteiger charge is 2.25. The molecule has 35 heavy (non-hydrogen) atoms. The van der Waals surface area contributed by atoms with Crippen LogP contribution in [0.3, 0.4) is 0 Å². The number of nitrogens with zero attached hydrogens (tertiary/aromatic N) is 6. The number of pyridine rings is 2. The molecule has 0 radical (unpaired) electrons. The van der Waals surface area contributed by atoms with Gasteiger partial charge in [-0.1, -0.05) is 11.8 Å². The molecule has 1 amide bonds. The first-order valence-corrected chi connectivity index (χ1v) is 12.3. The fourth-order valence-corrected chi connectivity index (χ4v) is 5.64. The lowest BCUT2D eigenvalue weighted by atomic mass is 9.91. The van der Waals surface area contributed by atoms with Crippen molar-refractivity contribution in [3.63, 3.8) is 0 Å². The number of aromatic nitrogens is 5. The maximum absolute atomic E-state index is 14.4. The maximum atomic E-state index is 14.4. The number of halogens is 1. The molecule has 1 N–H and O–H groups in total. The van der Waals surface area contributed by atoms with Gasteiger partial charge in [0.05, 0.1) is 29.0 Å². The summed E-state index contributed by atoms with van der Waals surface area (Å²) in [4.78, 5) is 16.2. The highest BCUT2D eigenvalue weighted by atomic mass is 32.2. The zero-order valence-electron chi connectivity index (χ0n) is 19.4. The zero-order valence-corrected chi connectivity index (χ0v) is 20.2. The Morgan fingerprint density at radius 3 is 2.80 bits per heavy atom. The summed E-state index contributed by atoms with van der Waals surface area (Å²) in [6.45, 7) is 3.52. The number of nitriles is 1. The fourth-order valence-electron chi connectivity index (χ4n) is 4.67. The van der Waals surface area contributed by atoms with Gasteiger partial charge in [0.25, 0.3) is 0 Å². The molecule has 0 bridgehead atoms. The lowest BCUT2D eigenvalue weighted by molar-refractivity contribution is -0.119. The van der Waals surface area contributed by atoms with Crippen molar-refractivity contribution in [1.29, 1.82) is 5.26 Å². The number of carbonyl (C=O) groups is 1. The van der Waals surface area contributed by atoms with E-state index < -0.39 is 5.82 Å². The number of fused-ring (bicyclic) bond motifs is 1. The van der Waals surface area contributed by atoms with Crippen LogP contribution in [0.5, 0.6) is 0 Å². The summed E-state index contributed by atoms with van der Waals surface area (Å²) >= 11 is 1.17. The smallest absolute Gasteiger partial charge is 0.217 e. The molecule has 0 atom stereocenters. The van der Waals surface area contributed by atoms with Gasteiger partial charge in [-0.25, -0.2) is 13.9 Å². The van der Waals surface area contributed by atoms with E-state index in [0.29, 0.717) is 16.0 Å². The van der Waals surface area contributed by atoms with Crippen molar-refractivity contribution in [2.24, 2.45) is 0 Å². The van der Waals surface area contributed by atoms with Gasteiger partial charge >= 0.3 is 0 Å². The molecule has 0 unspecified atom stereocenters. The van der Waals surface area contributed by atoms with Crippen LogP contribution < -0.4 is 5.32 Å². The van der Waals surface area contributed by atoms with Crippen molar-refractivity contribution < 1.29 is 9.18 Å². The summed E-state index contributed by atoms with van der Waals surface area (Å²) in [6.07, 6.45) is 10.7. The van der Waals surface area contributed by atoms with Crippen LogP contribution in [0.4, 0.5) is 4.39 Å². The van der Waals surface area contributed by atoms with Gasteiger partial charge < -0.3 is 5.32 Å². The summed E-state index contributed by atoms with van der Waals surface area (Å²) in [5, 5.41) is 22.0. The second-order valence-electron chi connectivity index (χ2n) is 8.76. The lowest BCUT2D eigenvalue weighted by Crippen LogP contribution is -2.36. The molecule has 1 saturated carbocycles. The molecule has 0 saturated heterocycles. The van der Waals surface area contributed by atoms with E-state index in [1.165, 1.54) is 24.0 Å². The van der Waals surface area contributed by atoms with Gasteiger partial charge in [-0.2, -0.15) is 15.5 Å². The van der Waals surface area contributed by atoms with E-state index in [4.69, 9.17) is 5.10 Å². The molecule has 5 rings (SSSR count). The van der Waals surface area contributed by atoms with Gasteiger partial charge in [0.1, 0.15) is 11.1 Å². The van der Waals surface area contributed by atoms with Crippen molar-refractivity contribution in [3.05, 3.63) is 60.1 Å². The van der Waals surface area contributed by atoms with Crippen molar-refractivity contribution in [3.8, 4) is 17.2 Å². The normalized spacial score (nSPS) is 17.9. The summed E-state index contributed by atoms with van der Waals surface area (Å²) in [5.74, 6) is -0.406. The van der Waals surface area contributed by atoms with E-state index in [1.54, 1.807) is 23.7 Å². The van der Waals surface area contributed by atoms with Gasteiger partial charge in [0.15, 0.2) is 5.82 Å². The van der Waals surface area contributed by atoms with Gasteiger partial charge in [-0.3, -0.25) is 9.48 Å². The minimum absolute atomic E-state index is 0.0125. The van der Waals surface area contributed by atoms with E-state index in [9.17, 15) is 14.4 Å². The van der Waals surface area contributed by atoms with Crippen molar-refractivity contribution in [2.75, 3.05) is 0 Å². The molecule has 1 aliphatic rings. The first kappa shape index (κ1) is 23.1. The molecule has 0 aliphatic heterocycles. The third kappa shape index (κ3) is 4.64. The minimum Gasteiger partial charge on any atom is -0.354 e. The maximum Gasteiger partial charge on any atom is 0.217 e. The highest BCUT2D eigenvalue weighted by molar-refractivity contribution is 7.99. The largest absolute Gasteiger partial charge is 0.354 e. The molecule has 4 heterocycles. The lowest BCUT2D eigenvalue weighted by Gasteiger charge is -2.29. The number of nitrogens with one attached hydrogen (secondary N) is 1. The molecule has 1 fully saturated rings. The Bertz CT molecular complexity index is 1450. The zero-order chi connectivity index (χ0) is 24.5. The number of hydrogen-bond donors (Lipinski definition) is 1. The Kier molecular flexibility index (Phi) is 6.26. The van der Waals surface area contributed by atoms with E-state index >= 15 is 0 Å². The molecule has 0 spiro atoms. The third-order valence-corrected chi connectivity index (χ3v) is 7.36. The van der Waals surface area contributed by atoms with Gasteiger partial charge in [0, 0.05) is 47.6 Å². The van der Waals surface area contributed by atoms with Gasteiger partial charge in [0.2, 0.25) is 5.91 Å². The average Bonchev–Trinajstić information content (AvgIpc) is 3.44. The van der Waals surface area contributed by atoms with Crippen LogP contribution in [0.2, 0.25) is 0 Å². The fraction of sp³-hybridized carbons (Fsp3) is 0.320. The van der Waals surface area contributed by atoms with Crippen LogP contribution >= 0.6 is 11.8 Å². The molecule has 1 aliphatic carbocycles.